The molecule has 1 N–H and O–H groups in total. The van der Waals surface area contributed by atoms with Gasteiger partial charge in [-0.2, -0.15) is 4.90 Å². The van der Waals surface area contributed by atoms with Crippen LogP contribution in [0, 0.1) is 0 Å². The number of hydrogen-bond donors (Lipinski definition) is 1. The van der Waals surface area contributed by atoms with Crippen LogP contribution in [0.5, 0.6) is 5.75 Å². The van der Waals surface area contributed by atoms with Crippen LogP contribution in [0.1, 0.15) is 24.8 Å². The highest BCUT2D eigenvalue weighted by Gasteiger charge is 2.54. The molecule has 1 atom stereocenters. The Hall–Kier alpha value is -2.33. The van der Waals surface area contributed by atoms with Crippen molar-refractivity contribution in [1.82, 2.24) is 0 Å². The molecule has 0 amide bonds. The quantitative estimate of drug-likeness (QED) is 0.882. The van der Waals surface area contributed by atoms with Crippen LogP contribution in [0.4, 0.5) is 5.69 Å². The van der Waals surface area contributed by atoms with Crippen LogP contribution in [0.2, 0.25) is 0 Å². The standard InChI is InChI=1S/C20H23N2O2/c1-24-18-12-10-17(11-13-18)22-19-9-5-6-14-21(19)15-20(22,23)16-7-3-2-4-8-16/h2-4,7-8,10-13,23H,5-6,9,14-15H2,1H3/q+1/t20-/m0/s1. The van der Waals surface area contributed by atoms with Crippen molar-refractivity contribution in [2.24, 2.45) is 0 Å². The molecule has 0 unspecified atom stereocenters. The summed E-state index contributed by atoms with van der Waals surface area (Å²) in [5, 5.41) is 11.7. The molecule has 24 heavy (non-hydrogen) atoms. The Morgan fingerprint density at radius 3 is 2.50 bits per heavy atom. The lowest BCUT2D eigenvalue weighted by Gasteiger charge is -2.29. The molecule has 4 heteroatoms. The maximum atomic E-state index is 11.7. The molecule has 2 aliphatic rings. The number of rotatable bonds is 3. The average molecular weight is 323 g/mol. The van der Waals surface area contributed by atoms with E-state index < -0.39 is 5.72 Å². The minimum absolute atomic E-state index is 0.609. The molecule has 2 aromatic carbocycles. The van der Waals surface area contributed by atoms with Crippen molar-refractivity contribution in [1.29, 1.82) is 0 Å². The zero-order chi connectivity index (χ0) is 16.6. The fraction of sp³-hybridized carbons (Fsp3) is 0.350. The predicted octanol–water partition coefficient (Wildman–Crippen LogP) is 2.96. The van der Waals surface area contributed by atoms with E-state index in [4.69, 9.17) is 4.74 Å². The molecule has 4 rings (SSSR count). The smallest absolute Gasteiger partial charge is 0.275 e. The molecule has 124 valence electrons. The molecule has 0 aromatic heterocycles. The van der Waals surface area contributed by atoms with Gasteiger partial charge in [-0.25, -0.2) is 0 Å². The number of nitrogens with zero attached hydrogens (tertiary/aromatic N) is 2. The summed E-state index contributed by atoms with van der Waals surface area (Å²) in [6, 6.07) is 17.9. The van der Waals surface area contributed by atoms with Crippen molar-refractivity contribution in [3.8, 4) is 5.75 Å². The first kappa shape index (κ1) is 15.2. The SMILES string of the molecule is COc1ccc(N2C3=[N+](CCCC3)C[C@]2(O)c2ccccc2)cc1. The zero-order valence-electron chi connectivity index (χ0n) is 14.0. The third-order valence-electron chi connectivity index (χ3n) is 5.05. The summed E-state index contributed by atoms with van der Waals surface area (Å²) in [5.74, 6) is 2.05. The van der Waals surface area contributed by atoms with Crippen LogP contribution in [0.15, 0.2) is 54.6 Å². The Bertz CT molecular complexity index is 755. The average Bonchev–Trinajstić information content (AvgIpc) is 2.96. The van der Waals surface area contributed by atoms with Gasteiger partial charge in [0.25, 0.3) is 11.6 Å². The third kappa shape index (κ3) is 2.38. The number of hydrogen-bond acceptors (Lipinski definition) is 3. The lowest BCUT2D eigenvalue weighted by Crippen LogP contribution is -2.47. The van der Waals surface area contributed by atoms with E-state index in [-0.39, 0.29) is 0 Å². The Morgan fingerprint density at radius 1 is 1.04 bits per heavy atom. The van der Waals surface area contributed by atoms with Gasteiger partial charge in [0.15, 0.2) is 6.54 Å². The van der Waals surface area contributed by atoms with Gasteiger partial charge in [0.2, 0.25) is 0 Å². The van der Waals surface area contributed by atoms with Gasteiger partial charge in [0, 0.05) is 12.0 Å². The Kier molecular flexibility index (Phi) is 3.77. The first-order valence-electron chi connectivity index (χ1n) is 8.55. The minimum atomic E-state index is -1.03. The first-order valence-corrected chi connectivity index (χ1v) is 8.55. The van der Waals surface area contributed by atoms with Crippen LogP contribution < -0.4 is 9.64 Å². The fourth-order valence-electron chi connectivity index (χ4n) is 3.87. The largest absolute Gasteiger partial charge is 0.497 e. The molecule has 2 aromatic rings. The van der Waals surface area contributed by atoms with Crippen molar-refractivity contribution in [3.63, 3.8) is 0 Å². The molecule has 0 fully saturated rings. The number of anilines is 1. The van der Waals surface area contributed by atoms with E-state index in [9.17, 15) is 5.11 Å². The Balaban J connectivity index is 1.81. The number of aliphatic hydroxyl groups is 1. The second kappa shape index (κ2) is 5.95. The molecule has 0 bridgehead atoms. The van der Waals surface area contributed by atoms with Crippen molar-refractivity contribution in [3.05, 3.63) is 60.2 Å². The minimum Gasteiger partial charge on any atom is -0.497 e. The monoisotopic (exact) mass is 323 g/mol. The molecule has 0 saturated carbocycles. The molecule has 2 heterocycles. The first-order chi connectivity index (χ1) is 11.7. The lowest BCUT2D eigenvalue weighted by atomic mass is 10.0. The van der Waals surface area contributed by atoms with Gasteiger partial charge in [0.1, 0.15) is 11.4 Å². The zero-order valence-corrected chi connectivity index (χ0v) is 14.0. The van der Waals surface area contributed by atoms with Crippen LogP contribution in [-0.2, 0) is 5.72 Å². The number of benzene rings is 2. The van der Waals surface area contributed by atoms with E-state index >= 15 is 0 Å². The maximum Gasteiger partial charge on any atom is 0.275 e. The molecule has 0 aliphatic carbocycles. The van der Waals surface area contributed by atoms with E-state index in [1.165, 1.54) is 18.7 Å². The van der Waals surface area contributed by atoms with Crippen LogP contribution >= 0.6 is 0 Å². The summed E-state index contributed by atoms with van der Waals surface area (Å²) in [5.41, 5.74) is 0.902. The van der Waals surface area contributed by atoms with E-state index in [0.29, 0.717) is 6.54 Å². The Labute approximate surface area is 142 Å². The molecule has 0 saturated heterocycles. The number of ether oxygens (including phenoxy) is 1. The van der Waals surface area contributed by atoms with Gasteiger partial charge in [0.05, 0.1) is 13.7 Å². The topological polar surface area (TPSA) is 35.7 Å². The van der Waals surface area contributed by atoms with Gasteiger partial charge in [-0.05, 0) is 37.1 Å². The molecular formula is C20H23N2O2+. The summed E-state index contributed by atoms with van der Waals surface area (Å²) in [6.07, 6.45) is 3.36. The van der Waals surface area contributed by atoms with Gasteiger partial charge in [-0.1, -0.05) is 30.3 Å². The Morgan fingerprint density at radius 2 is 1.79 bits per heavy atom. The van der Waals surface area contributed by atoms with Gasteiger partial charge in [-0.3, -0.25) is 4.58 Å². The van der Waals surface area contributed by atoms with Crippen LogP contribution in [0.25, 0.3) is 0 Å². The molecule has 0 spiro atoms. The highest BCUT2D eigenvalue weighted by Crippen LogP contribution is 2.38. The van der Waals surface area contributed by atoms with Gasteiger partial charge < -0.3 is 9.84 Å². The third-order valence-corrected chi connectivity index (χ3v) is 5.05. The lowest BCUT2D eigenvalue weighted by molar-refractivity contribution is -0.538. The van der Waals surface area contributed by atoms with E-state index in [0.717, 1.165) is 30.0 Å². The second-order valence-electron chi connectivity index (χ2n) is 6.51. The van der Waals surface area contributed by atoms with Gasteiger partial charge >= 0.3 is 0 Å². The molecular weight excluding hydrogens is 300 g/mol. The van der Waals surface area contributed by atoms with Crippen LogP contribution in [-0.4, -0.2) is 35.7 Å². The summed E-state index contributed by atoms with van der Waals surface area (Å²) in [6.45, 7) is 1.62. The summed E-state index contributed by atoms with van der Waals surface area (Å²) in [4.78, 5) is 2.11. The van der Waals surface area contributed by atoms with Crippen molar-refractivity contribution >= 4 is 11.5 Å². The van der Waals surface area contributed by atoms with Crippen molar-refractivity contribution < 1.29 is 14.4 Å². The second-order valence-corrected chi connectivity index (χ2v) is 6.51. The highest BCUT2D eigenvalue weighted by molar-refractivity contribution is 5.97. The van der Waals surface area contributed by atoms with E-state index in [1.807, 2.05) is 54.6 Å². The molecule has 2 aliphatic heterocycles. The number of methoxy groups -OCH3 is 1. The highest BCUT2D eigenvalue weighted by atomic mass is 16.5. The van der Waals surface area contributed by atoms with Crippen LogP contribution in [0.3, 0.4) is 0 Å². The van der Waals surface area contributed by atoms with Gasteiger partial charge in [-0.15, -0.1) is 0 Å². The predicted molar refractivity (Wildman–Crippen MR) is 94.7 cm³/mol. The van der Waals surface area contributed by atoms with E-state index in [1.54, 1.807) is 7.11 Å². The summed E-state index contributed by atoms with van der Waals surface area (Å²) >= 11 is 0. The summed E-state index contributed by atoms with van der Waals surface area (Å²) < 4.78 is 7.61. The van der Waals surface area contributed by atoms with Crippen molar-refractivity contribution in [2.75, 3.05) is 25.1 Å². The maximum absolute atomic E-state index is 11.7. The summed E-state index contributed by atoms with van der Waals surface area (Å²) in [7, 11) is 1.67. The molecule has 0 radical (unpaired) electrons. The van der Waals surface area contributed by atoms with Crippen molar-refractivity contribution in [2.45, 2.75) is 25.0 Å². The fourth-order valence-corrected chi connectivity index (χ4v) is 3.87. The number of amidine groups is 1. The van der Waals surface area contributed by atoms with E-state index in [2.05, 4.69) is 9.48 Å². The molecule has 4 nitrogen and oxygen atoms in total. The normalized spacial score (nSPS) is 23.3.